The third-order valence-electron chi connectivity index (χ3n) is 3.92. The van der Waals surface area contributed by atoms with E-state index in [4.69, 9.17) is 16.3 Å². The molecule has 1 saturated carbocycles. The number of carbonyl (C=O) groups excluding carboxylic acids is 1. The molecule has 5 heteroatoms. The lowest BCUT2D eigenvalue weighted by molar-refractivity contribution is -0.139. The van der Waals surface area contributed by atoms with Crippen molar-refractivity contribution in [2.45, 2.75) is 44.3 Å². The van der Waals surface area contributed by atoms with Crippen LogP contribution in [0.2, 0.25) is 5.02 Å². The number of benzene rings is 1. The van der Waals surface area contributed by atoms with Crippen LogP contribution in [0.3, 0.4) is 0 Å². The maximum Gasteiger partial charge on any atom is 0.263 e. The van der Waals surface area contributed by atoms with Gasteiger partial charge in [0, 0.05) is 18.6 Å². The number of halogens is 1. The molecule has 1 aliphatic rings. The Morgan fingerprint density at radius 2 is 1.95 bits per heavy atom. The van der Waals surface area contributed by atoms with Gasteiger partial charge in [-0.25, -0.2) is 0 Å². The molecule has 1 unspecified atom stereocenters. The normalized spacial score (nSPS) is 18.3. The van der Waals surface area contributed by atoms with Crippen LogP contribution in [0.4, 0.5) is 0 Å². The Kier molecular flexibility index (Phi) is 5.12. The highest BCUT2D eigenvalue weighted by atomic mass is 35.5. The molecule has 0 radical (unpaired) electrons. The third-order valence-corrected chi connectivity index (χ3v) is 4.17. The zero-order chi connectivity index (χ0) is 15.5. The minimum atomic E-state index is -0.732. The molecule has 0 saturated heterocycles. The number of aliphatic hydroxyl groups is 1. The van der Waals surface area contributed by atoms with Crippen molar-refractivity contribution in [3.63, 3.8) is 0 Å². The Labute approximate surface area is 130 Å². The molecule has 0 aromatic heterocycles. The summed E-state index contributed by atoms with van der Waals surface area (Å²) in [6.07, 6.45) is 2.97. The number of hydrogen-bond acceptors (Lipinski definition) is 3. The topological polar surface area (TPSA) is 49.8 Å². The average Bonchev–Trinajstić information content (AvgIpc) is 2.86. The maximum atomic E-state index is 12.3. The van der Waals surface area contributed by atoms with Crippen molar-refractivity contribution in [2.75, 3.05) is 13.6 Å². The highest BCUT2D eigenvalue weighted by molar-refractivity contribution is 6.30. The molecule has 1 aliphatic carbocycles. The summed E-state index contributed by atoms with van der Waals surface area (Å²) >= 11 is 5.81. The smallest absolute Gasteiger partial charge is 0.263 e. The van der Waals surface area contributed by atoms with E-state index in [-0.39, 0.29) is 5.91 Å². The van der Waals surface area contributed by atoms with Gasteiger partial charge in [-0.05, 0) is 44.0 Å². The second kappa shape index (κ2) is 6.67. The lowest BCUT2D eigenvalue weighted by atomic mass is 10.0. The quantitative estimate of drug-likeness (QED) is 0.909. The summed E-state index contributed by atoms with van der Waals surface area (Å²) in [6.45, 7) is 2.08. The van der Waals surface area contributed by atoms with Gasteiger partial charge in [-0.15, -0.1) is 0 Å². The molecule has 116 valence electrons. The van der Waals surface area contributed by atoms with Crippen LogP contribution in [0.15, 0.2) is 24.3 Å². The van der Waals surface area contributed by atoms with E-state index in [9.17, 15) is 9.90 Å². The second-order valence-electron chi connectivity index (χ2n) is 5.84. The molecule has 21 heavy (non-hydrogen) atoms. The second-order valence-corrected chi connectivity index (χ2v) is 6.28. The molecular formula is C16H22ClNO3. The number of carbonyl (C=O) groups is 1. The highest BCUT2D eigenvalue weighted by Crippen LogP contribution is 2.30. The molecule has 0 heterocycles. The van der Waals surface area contributed by atoms with Crippen LogP contribution in [-0.2, 0) is 4.79 Å². The minimum absolute atomic E-state index is 0.134. The fourth-order valence-corrected chi connectivity index (χ4v) is 2.91. The zero-order valence-corrected chi connectivity index (χ0v) is 13.3. The predicted octanol–water partition coefficient (Wildman–Crippen LogP) is 2.87. The van der Waals surface area contributed by atoms with Crippen molar-refractivity contribution >= 4 is 17.5 Å². The predicted molar refractivity (Wildman–Crippen MR) is 82.6 cm³/mol. The van der Waals surface area contributed by atoms with Gasteiger partial charge in [-0.2, -0.15) is 0 Å². The van der Waals surface area contributed by atoms with Crippen LogP contribution < -0.4 is 4.74 Å². The van der Waals surface area contributed by atoms with E-state index in [2.05, 4.69) is 0 Å². The minimum Gasteiger partial charge on any atom is -0.481 e. The van der Waals surface area contributed by atoms with Gasteiger partial charge >= 0.3 is 0 Å². The van der Waals surface area contributed by atoms with Crippen LogP contribution in [0, 0.1) is 0 Å². The standard InChI is InChI=1S/C16H22ClNO3/c1-12(21-14-7-5-13(17)6-8-14)15(19)18(2)11-16(20)9-3-4-10-16/h5-8,12,20H,3-4,9-11H2,1-2H3. The van der Waals surface area contributed by atoms with Gasteiger partial charge in [0.1, 0.15) is 5.75 Å². The zero-order valence-electron chi connectivity index (χ0n) is 12.5. The number of nitrogens with zero attached hydrogens (tertiary/aromatic N) is 1. The van der Waals surface area contributed by atoms with Gasteiger partial charge in [-0.3, -0.25) is 4.79 Å². The van der Waals surface area contributed by atoms with E-state index in [0.717, 1.165) is 25.7 Å². The van der Waals surface area contributed by atoms with Crippen LogP contribution in [-0.4, -0.2) is 41.2 Å². The molecule has 1 N–H and O–H groups in total. The lowest BCUT2D eigenvalue weighted by Crippen LogP contribution is -2.46. The van der Waals surface area contributed by atoms with E-state index in [1.165, 1.54) is 0 Å². The van der Waals surface area contributed by atoms with Crippen molar-refractivity contribution in [1.82, 2.24) is 4.90 Å². The number of ether oxygens (including phenoxy) is 1. The van der Waals surface area contributed by atoms with Gasteiger partial charge in [0.2, 0.25) is 0 Å². The summed E-state index contributed by atoms with van der Waals surface area (Å²) in [5, 5.41) is 11.0. The fraction of sp³-hybridized carbons (Fsp3) is 0.562. The highest BCUT2D eigenvalue weighted by Gasteiger charge is 2.34. The van der Waals surface area contributed by atoms with Crippen molar-refractivity contribution in [1.29, 1.82) is 0 Å². The average molecular weight is 312 g/mol. The lowest BCUT2D eigenvalue weighted by Gasteiger charge is -2.30. The first-order valence-corrected chi connectivity index (χ1v) is 7.67. The largest absolute Gasteiger partial charge is 0.481 e. The van der Waals surface area contributed by atoms with Crippen molar-refractivity contribution < 1.29 is 14.6 Å². The molecule has 1 aromatic carbocycles. The Balaban J connectivity index is 1.90. The van der Waals surface area contributed by atoms with Gasteiger partial charge < -0.3 is 14.7 Å². The van der Waals surface area contributed by atoms with E-state index in [0.29, 0.717) is 17.3 Å². The van der Waals surface area contributed by atoms with Crippen LogP contribution in [0.25, 0.3) is 0 Å². The van der Waals surface area contributed by atoms with Crippen LogP contribution in [0.5, 0.6) is 5.75 Å². The molecule has 4 nitrogen and oxygen atoms in total. The number of amides is 1. The summed E-state index contributed by atoms with van der Waals surface area (Å²) in [6, 6.07) is 6.91. The summed E-state index contributed by atoms with van der Waals surface area (Å²) in [5.74, 6) is 0.471. The third kappa shape index (κ3) is 4.35. The van der Waals surface area contributed by atoms with Gasteiger partial charge in [0.15, 0.2) is 6.10 Å². The molecule has 1 amide bonds. The van der Waals surface area contributed by atoms with Crippen LogP contribution >= 0.6 is 11.6 Å². The molecular weight excluding hydrogens is 290 g/mol. The van der Waals surface area contributed by atoms with Crippen molar-refractivity contribution in [2.24, 2.45) is 0 Å². The first-order valence-electron chi connectivity index (χ1n) is 7.29. The molecule has 1 atom stereocenters. The SMILES string of the molecule is CC(Oc1ccc(Cl)cc1)C(=O)N(C)CC1(O)CCCC1. The Morgan fingerprint density at radius 3 is 2.52 bits per heavy atom. The van der Waals surface area contributed by atoms with E-state index < -0.39 is 11.7 Å². The van der Waals surface area contributed by atoms with E-state index in [1.807, 2.05) is 0 Å². The summed E-state index contributed by atoms with van der Waals surface area (Å²) in [5.41, 5.74) is -0.732. The van der Waals surface area contributed by atoms with Crippen molar-refractivity contribution in [3.8, 4) is 5.75 Å². The maximum absolute atomic E-state index is 12.3. The first-order chi connectivity index (χ1) is 9.89. The van der Waals surface area contributed by atoms with Gasteiger partial charge in [0.25, 0.3) is 5.91 Å². The number of likely N-dealkylation sites (N-methyl/N-ethyl adjacent to an activating group) is 1. The Bertz CT molecular complexity index is 483. The fourth-order valence-electron chi connectivity index (χ4n) is 2.79. The van der Waals surface area contributed by atoms with E-state index in [1.54, 1.807) is 43.1 Å². The molecule has 2 rings (SSSR count). The molecule has 1 aromatic rings. The number of rotatable bonds is 5. The first kappa shape index (κ1) is 16.1. The van der Waals surface area contributed by atoms with Gasteiger partial charge in [-0.1, -0.05) is 24.4 Å². The number of hydrogen-bond donors (Lipinski definition) is 1. The Morgan fingerprint density at radius 1 is 1.38 bits per heavy atom. The molecule has 0 spiro atoms. The Hall–Kier alpha value is -1.26. The van der Waals surface area contributed by atoms with Gasteiger partial charge in [0.05, 0.1) is 5.60 Å². The molecule has 1 fully saturated rings. The summed E-state index contributed by atoms with van der Waals surface area (Å²) in [4.78, 5) is 13.9. The summed E-state index contributed by atoms with van der Waals surface area (Å²) < 4.78 is 5.62. The van der Waals surface area contributed by atoms with E-state index >= 15 is 0 Å². The van der Waals surface area contributed by atoms with Crippen molar-refractivity contribution in [3.05, 3.63) is 29.3 Å². The van der Waals surface area contributed by atoms with Crippen LogP contribution in [0.1, 0.15) is 32.6 Å². The monoisotopic (exact) mass is 311 g/mol. The molecule has 0 aliphatic heterocycles. The molecule has 0 bridgehead atoms. The summed E-state index contributed by atoms with van der Waals surface area (Å²) in [7, 11) is 1.71.